The molecule has 2 saturated carbocycles. The van der Waals surface area contributed by atoms with Crippen LogP contribution in [0.5, 0.6) is 0 Å². The number of ketones is 1. The van der Waals surface area contributed by atoms with Crippen molar-refractivity contribution in [3.8, 4) is 0 Å². The average Bonchev–Trinajstić information content (AvgIpc) is 3.01. The van der Waals surface area contributed by atoms with Gasteiger partial charge in [0.05, 0.1) is 5.92 Å². The molecule has 25 heavy (non-hydrogen) atoms. The topological polar surface area (TPSA) is 54.4 Å². The molecule has 0 bridgehead atoms. The molecule has 3 heteroatoms. The zero-order valence-electron chi connectivity index (χ0n) is 15.6. The van der Waals surface area contributed by atoms with E-state index in [4.69, 9.17) is 0 Å². The highest BCUT2D eigenvalue weighted by Crippen LogP contribution is 2.62. The summed E-state index contributed by atoms with van der Waals surface area (Å²) in [5, 5.41) is 9.52. The van der Waals surface area contributed by atoms with Gasteiger partial charge in [-0.3, -0.25) is 9.59 Å². The molecule has 0 aromatic rings. The zero-order valence-corrected chi connectivity index (χ0v) is 15.6. The summed E-state index contributed by atoms with van der Waals surface area (Å²) in [6, 6.07) is 0. The Hall–Kier alpha value is -1.38. The minimum absolute atomic E-state index is 0.128. The van der Waals surface area contributed by atoms with Crippen LogP contribution < -0.4 is 0 Å². The fourth-order valence-electron chi connectivity index (χ4n) is 6.91. The maximum atomic E-state index is 11.9. The van der Waals surface area contributed by atoms with Crippen molar-refractivity contribution >= 4 is 11.8 Å². The van der Waals surface area contributed by atoms with Gasteiger partial charge in [-0.2, -0.15) is 0 Å². The Bertz CT molecular complexity index is 660. The molecular weight excluding hydrogens is 312 g/mol. The van der Waals surface area contributed by atoms with E-state index >= 15 is 0 Å². The minimum Gasteiger partial charge on any atom is -0.481 e. The summed E-state index contributed by atoms with van der Waals surface area (Å²) in [5.41, 5.74) is 1.37. The van der Waals surface area contributed by atoms with E-state index in [1.807, 2.05) is 13.0 Å². The molecule has 0 spiro atoms. The van der Waals surface area contributed by atoms with Crippen LogP contribution in [0, 0.1) is 46.8 Å². The van der Waals surface area contributed by atoms with Gasteiger partial charge in [0, 0.05) is 6.42 Å². The number of carboxylic acid groups (broad SMARTS) is 1. The van der Waals surface area contributed by atoms with Crippen molar-refractivity contribution in [1.29, 1.82) is 0 Å². The molecule has 136 valence electrons. The normalized spacial score (nSPS) is 46.7. The maximum absolute atomic E-state index is 11.9. The lowest BCUT2D eigenvalue weighted by Crippen LogP contribution is -2.48. The molecule has 0 radical (unpaired) electrons. The number of allylic oxidation sites excluding steroid dienone is 4. The fourth-order valence-corrected chi connectivity index (χ4v) is 6.91. The second-order valence-corrected chi connectivity index (χ2v) is 9.35. The molecule has 5 unspecified atom stereocenters. The molecule has 0 heterocycles. The van der Waals surface area contributed by atoms with Crippen LogP contribution in [0.2, 0.25) is 0 Å². The SMILES string of the molecule is CC(C(=O)O)[C@H]1CCC2C3C=CC4=CC(=O)CC[C@]4(C)C3C[C@@H](C)C21. The number of rotatable bonds is 2. The molecule has 0 aromatic heterocycles. The Kier molecular flexibility index (Phi) is 3.97. The van der Waals surface area contributed by atoms with Gasteiger partial charge in [-0.25, -0.2) is 0 Å². The van der Waals surface area contributed by atoms with Gasteiger partial charge in [-0.1, -0.05) is 32.9 Å². The van der Waals surface area contributed by atoms with Crippen molar-refractivity contribution in [3.63, 3.8) is 0 Å². The third-order valence-electron chi connectivity index (χ3n) is 8.28. The first kappa shape index (κ1) is 17.1. The Labute approximate surface area is 150 Å². The molecule has 0 saturated heterocycles. The smallest absolute Gasteiger partial charge is 0.306 e. The first-order valence-electron chi connectivity index (χ1n) is 9.99. The van der Waals surface area contributed by atoms with Gasteiger partial charge in [0.1, 0.15) is 0 Å². The van der Waals surface area contributed by atoms with E-state index in [-0.39, 0.29) is 17.1 Å². The number of carbonyl (C=O) groups is 2. The van der Waals surface area contributed by atoms with Crippen molar-refractivity contribution in [2.24, 2.45) is 46.8 Å². The van der Waals surface area contributed by atoms with Crippen LogP contribution in [0.1, 0.15) is 52.9 Å². The third-order valence-corrected chi connectivity index (χ3v) is 8.28. The summed E-state index contributed by atoms with van der Waals surface area (Å²) < 4.78 is 0. The van der Waals surface area contributed by atoms with Gasteiger partial charge in [-0.05, 0) is 78.3 Å². The summed E-state index contributed by atoms with van der Waals surface area (Å²) in [4.78, 5) is 23.4. The van der Waals surface area contributed by atoms with Crippen LogP contribution in [0.4, 0.5) is 0 Å². The largest absolute Gasteiger partial charge is 0.481 e. The lowest BCUT2D eigenvalue weighted by atomic mass is 9.49. The Balaban J connectivity index is 1.68. The quantitative estimate of drug-likeness (QED) is 0.804. The predicted octanol–water partition coefficient (Wildman–Crippen LogP) is 4.49. The van der Waals surface area contributed by atoms with Crippen LogP contribution >= 0.6 is 0 Å². The monoisotopic (exact) mass is 342 g/mol. The number of aliphatic carboxylic acids is 1. The molecular formula is C22H30O3. The van der Waals surface area contributed by atoms with Crippen molar-refractivity contribution in [2.45, 2.75) is 52.9 Å². The van der Waals surface area contributed by atoms with Crippen LogP contribution in [-0.4, -0.2) is 16.9 Å². The minimum atomic E-state index is -0.637. The lowest BCUT2D eigenvalue weighted by molar-refractivity contribution is -0.144. The van der Waals surface area contributed by atoms with Crippen molar-refractivity contribution in [1.82, 2.24) is 0 Å². The highest BCUT2D eigenvalue weighted by Gasteiger charge is 2.56. The highest BCUT2D eigenvalue weighted by atomic mass is 16.4. The second-order valence-electron chi connectivity index (χ2n) is 9.35. The maximum Gasteiger partial charge on any atom is 0.306 e. The molecule has 0 amide bonds. The van der Waals surface area contributed by atoms with E-state index in [0.29, 0.717) is 41.9 Å². The van der Waals surface area contributed by atoms with Crippen LogP contribution in [0.3, 0.4) is 0 Å². The van der Waals surface area contributed by atoms with E-state index in [1.165, 1.54) is 12.0 Å². The second kappa shape index (κ2) is 5.82. The molecule has 4 aliphatic rings. The Morgan fingerprint density at radius 1 is 1.36 bits per heavy atom. The predicted molar refractivity (Wildman–Crippen MR) is 96.8 cm³/mol. The lowest BCUT2D eigenvalue weighted by Gasteiger charge is -2.55. The molecule has 2 fully saturated rings. The fraction of sp³-hybridized carbons (Fsp3) is 0.727. The highest BCUT2D eigenvalue weighted by molar-refractivity contribution is 5.92. The standard InChI is InChI=1S/C22H30O3/c1-12-10-19-17(5-4-14-11-15(23)8-9-22(14,19)3)18-7-6-16(20(12)18)13(2)21(24)25/h4-5,11-13,16-20H,6-10H2,1-3H3,(H,24,25)/t12-,13?,16-,17?,18?,19?,20?,22+/m1/s1. The van der Waals surface area contributed by atoms with Gasteiger partial charge in [-0.15, -0.1) is 0 Å². The molecule has 4 rings (SSSR count). The summed E-state index contributed by atoms with van der Waals surface area (Å²) in [5.74, 6) is 2.61. The number of carboxylic acids is 1. The van der Waals surface area contributed by atoms with Crippen molar-refractivity contribution in [2.75, 3.05) is 0 Å². The molecule has 0 aromatic carbocycles. The summed E-state index contributed by atoms with van der Waals surface area (Å²) >= 11 is 0. The number of hydrogen-bond donors (Lipinski definition) is 1. The van der Waals surface area contributed by atoms with Crippen molar-refractivity contribution in [3.05, 3.63) is 23.8 Å². The first-order valence-corrected chi connectivity index (χ1v) is 9.99. The molecule has 8 atom stereocenters. The van der Waals surface area contributed by atoms with Gasteiger partial charge in [0.15, 0.2) is 5.78 Å². The zero-order chi connectivity index (χ0) is 17.9. The number of hydrogen-bond acceptors (Lipinski definition) is 2. The molecule has 0 aliphatic heterocycles. The average molecular weight is 342 g/mol. The van der Waals surface area contributed by atoms with Gasteiger partial charge >= 0.3 is 5.97 Å². The number of carbonyl (C=O) groups excluding carboxylic acids is 1. The molecule has 4 aliphatic carbocycles. The van der Waals surface area contributed by atoms with Crippen LogP contribution in [-0.2, 0) is 9.59 Å². The first-order chi connectivity index (χ1) is 11.8. The molecule has 1 N–H and O–H groups in total. The van der Waals surface area contributed by atoms with E-state index in [2.05, 4.69) is 26.0 Å². The van der Waals surface area contributed by atoms with E-state index in [9.17, 15) is 14.7 Å². The summed E-state index contributed by atoms with van der Waals surface area (Å²) in [6.07, 6.45) is 11.5. The summed E-state index contributed by atoms with van der Waals surface area (Å²) in [6.45, 7) is 6.62. The van der Waals surface area contributed by atoms with Gasteiger partial charge in [0.25, 0.3) is 0 Å². The van der Waals surface area contributed by atoms with Crippen LogP contribution in [0.15, 0.2) is 23.8 Å². The van der Waals surface area contributed by atoms with E-state index < -0.39 is 5.97 Å². The number of fused-ring (bicyclic) bond motifs is 5. The van der Waals surface area contributed by atoms with E-state index in [1.54, 1.807) is 0 Å². The molecule has 3 nitrogen and oxygen atoms in total. The van der Waals surface area contributed by atoms with Gasteiger partial charge in [0.2, 0.25) is 0 Å². The van der Waals surface area contributed by atoms with Gasteiger partial charge < -0.3 is 5.11 Å². The van der Waals surface area contributed by atoms with Crippen molar-refractivity contribution < 1.29 is 14.7 Å². The summed E-state index contributed by atoms with van der Waals surface area (Å²) in [7, 11) is 0. The Morgan fingerprint density at radius 3 is 2.84 bits per heavy atom. The Morgan fingerprint density at radius 2 is 2.12 bits per heavy atom. The van der Waals surface area contributed by atoms with Crippen LogP contribution in [0.25, 0.3) is 0 Å². The third kappa shape index (κ3) is 2.45. The van der Waals surface area contributed by atoms with E-state index in [0.717, 1.165) is 19.3 Å².